The van der Waals surface area contributed by atoms with Crippen molar-refractivity contribution in [2.45, 2.75) is 12.6 Å². The third-order valence-corrected chi connectivity index (χ3v) is 3.87. The summed E-state index contributed by atoms with van der Waals surface area (Å²) in [5.74, 6) is 0.872. The number of nitrogens with zero attached hydrogens (tertiary/aromatic N) is 5. The van der Waals surface area contributed by atoms with Crippen LogP contribution in [0.15, 0.2) is 74.0 Å². The van der Waals surface area contributed by atoms with Crippen LogP contribution in [-0.2, 0) is 6.54 Å². The molecule has 0 unspecified atom stereocenters. The number of aromatic amines is 1. The standard InChI is InChI=1S/C17H16N6/c1-2-4-14(5-3-1)16(11-22-8-6-18-13-22)23-9-7-20-17(23)15-10-19-12-21-15/h1-10,12-13,16H,11H2,(H,19,21)/t16-/m0/s1. The van der Waals surface area contributed by atoms with Gasteiger partial charge in [0.05, 0.1) is 24.9 Å². The monoisotopic (exact) mass is 304 g/mol. The lowest BCUT2D eigenvalue weighted by molar-refractivity contribution is 0.496. The average Bonchev–Trinajstić information content (AvgIpc) is 3.34. The first-order chi connectivity index (χ1) is 11.4. The van der Waals surface area contributed by atoms with Gasteiger partial charge in [-0.3, -0.25) is 0 Å². The van der Waals surface area contributed by atoms with Crippen LogP contribution in [0.2, 0.25) is 0 Å². The zero-order valence-electron chi connectivity index (χ0n) is 12.4. The van der Waals surface area contributed by atoms with Crippen LogP contribution in [0.4, 0.5) is 0 Å². The van der Waals surface area contributed by atoms with E-state index in [0.29, 0.717) is 0 Å². The van der Waals surface area contributed by atoms with E-state index < -0.39 is 0 Å². The minimum atomic E-state index is 0.117. The Bertz CT molecular complexity index is 846. The summed E-state index contributed by atoms with van der Waals surface area (Å²) in [5.41, 5.74) is 2.13. The van der Waals surface area contributed by atoms with E-state index in [1.54, 1.807) is 18.7 Å². The molecule has 6 heteroatoms. The number of H-pyrrole nitrogens is 1. The molecule has 0 aliphatic rings. The van der Waals surface area contributed by atoms with Crippen LogP contribution in [0.1, 0.15) is 11.6 Å². The lowest BCUT2D eigenvalue weighted by Crippen LogP contribution is -2.17. The topological polar surface area (TPSA) is 64.3 Å². The summed E-state index contributed by atoms with van der Waals surface area (Å²) < 4.78 is 4.25. The highest BCUT2D eigenvalue weighted by Gasteiger charge is 2.18. The molecule has 1 atom stereocenters. The van der Waals surface area contributed by atoms with Crippen LogP contribution in [0, 0.1) is 0 Å². The van der Waals surface area contributed by atoms with Crippen molar-refractivity contribution in [1.82, 2.24) is 29.1 Å². The number of hydrogen-bond acceptors (Lipinski definition) is 3. The zero-order valence-corrected chi connectivity index (χ0v) is 12.4. The Morgan fingerprint density at radius 1 is 1.04 bits per heavy atom. The van der Waals surface area contributed by atoms with Crippen LogP contribution >= 0.6 is 0 Å². The molecule has 1 N–H and O–H groups in total. The van der Waals surface area contributed by atoms with Gasteiger partial charge in [-0.15, -0.1) is 0 Å². The van der Waals surface area contributed by atoms with Crippen molar-refractivity contribution in [2.75, 3.05) is 0 Å². The summed E-state index contributed by atoms with van der Waals surface area (Å²) in [6, 6.07) is 10.5. The van der Waals surface area contributed by atoms with E-state index in [4.69, 9.17) is 0 Å². The van der Waals surface area contributed by atoms with Gasteiger partial charge in [0.25, 0.3) is 0 Å². The number of nitrogens with one attached hydrogen (secondary N) is 1. The molecule has 114 valence electrons. The Labute approximate surface area is 133 Å². The van der Waals surface area contributed by atoms with E-state index in [9.17, 15) is 0 Å². The number of hydrogen-bond donors (Lipinski definition) is 1. The first-order valence-corrected chi connectivity index (χ1v) is 7.44. The molecule has 3 heterocycles. The van der Waals surface area contributed by atoms with E-state index in [0.717, 1.165) is 18.1 Å². The summed E-state index contributed by atoms with van der Waals surface area (Å²) in [4.78, 5) is 15.9. The normalized spacial score (nSPS) is 12.3. The highest BCUT2D eigenvalue weighted by atomic mass is 15.1. The lowest BCUT2D eigenvalue weighted by Gasteiger charge is -2.21. The Hall–Kier alpha value is -3.15. The van der Waals surface area contributed by atoms with Crippen LogP contribution < -0.4 is 0 Å². The zero-order chi connectivity index (χ0) is 15.5. The number of aromatic nitrogens is 6. The predicted molar refractivity (Wildman–Crippen MR) is 86.6 cm³/mol. The molecule has 3 aromatic heterocycles. The summed E-state index contributed by atoms with van der Waals surface area (Å²) in [7, 11) is 0. The maximum absolute atomic E-state index is 4.50. The fourth-order valence-electron chi connectivity index (χ4n) is 2.77. The molecule has 4 aromatic rings. The molecule has 0 fully saturated rings. The maximum atomic E-state index is 4.50. The number of rotatable bonds is 5. The van der Waals surface area contributed by atoms with Crippen molar-refractivity contribution in [3.63, 3.8) is 0 Å². The molecule has 4 rings (SSSR count). The second-order valence-corrected chi connectivity index (χ2v) is 5.31. The van der Waals surface area contributed by atoms with E-state index in [1.807, 2.05) is 31.0 Å². The van der Waals surface area contributed by atoms with E-state index in [1.165, 1.54) is 5.56 Å². The van der Waals surface area contributed by atoms with Crippen LogP contribution in [0.5, 0.6) is 0 Å². The second kappa shape index (κ2) is 5.92. The Morgan fingerprint density at radius 3 is 2.70 bits per heavy atom. The molecule has 0 radical (unpaired) electrons. The summed E-state index contributed by atoms with van der Waals surface area (Å²) in [6.07, 6.45) is 12.9. The summed E-state index contributed by atoms with van der Waals surface area (Å²) >= 11 is 0. The summed E-state index contributed by atoms with van der Waals surface area (Å²) in [6.45, 7) is 0.779. The van der Waals surface area contributed by atoms with Gasteiger partial charge in [-0.05, 0) is 5.56 Å². The molecule has 0 saturated carbocycles. The maximum Gasteiger partial charge on any atom is 0.158 e. The minimum Gasteiger partial charge on any atom is -0.342 e. The van der Waals surface area contributed by atoms with Crippen molar-refractivity contribution in [3.8, 4) is 11.5 Å². The molecule has 0 bridgehead atoms. The molecule has 23 heavy (non-hydrogen) atoms. The molecule has 0 aliphatic carbocycles. The highest BCUT2D eigenvalue weighted by molar-refractivity contribution is 5.48. The SMILES string of the molecule is c1ccc([C@H](Cn2ccnc2)n2ccnc2-c2cnc[nH]2)cc1. The molecule has 1 aromatic carbocycles. The van der Waals surface area contributed by atoms with Gasteiger partial charge >= 0.3 is 0 Å². The van der Waals surface area contributed by atoms with E-state index in [2.05, 4.69) is 53.3 Å². The van der Waals surface area contributed by atoms with Crippen molar-refractivity contribution >= 4 is 0 Å². The Balaban J connectivity index is 1.78. The summed E-state index contributed by atoms with van der Waals surface area (Å²) in [5, 5.41) is 0. The third-order valence-electron chi connectivity index (χ3n) is 3.87. The van der Waals surface area contributed by atoms with E-state index in [-0.39, 0.29) is 6.04 Å². The van der Waals surface area contributed by atoms with Gasteiger partial charge in [-0.25, -0.2) is 15.0 Å². The molecule has 6 nitrogen and oxygen atoms in total. The van der Waals surface area contributed by atoms with Crippen molar-refractivity contribution in [2.24, 2.45) is 0 Å². The first kappa shape index (κ1) is 13.5. The van der Waals surface area contributed by atoms with Gasteiger partial charge in [0.2, 0.25) is 0 Å². The smallest absolute Gasteiger partial charge is 0.158 e. The van der Waals surface area contributed by atoms with Crippen LogP contribution in [-0.4, -0.2) is 29.1 Å². The molecule has 0 saturated heterocycles. The van der Waals surface area contributed by atoms with Crippen molar-refractivity contribution in [3.05, 3.63) is 79.5 Å². The largest absolute Gasteiger partial charge is 0.342 e. The van der Waals surface area contributed by atoms with Gasteiger partial charge in [0, 0.05) is 31.3 Å². The van der Waals surface area contributed by atoms with Crippen LogP contribution in [0.25, 0.3) is 11.5 Å². The quantitative estimate of drug-likeness (QED) is 0.616. The molecule has 0 amide bonds. The number of benzene rings is 1. The van der Waals surface area contributed by atoms with Crippen molar-refractivity contribution in [1.29, 1.82) is 0 Å². The molecule has 0 aliphatic heterocycles. The lowest BCUT2D eigenvalue weighted by atomic mass is 10.1. The fraction of sp³-hybridized carbons (Fsp3) is 0.118. The van der Waals surface area contributed by atoms with E-state index >= 15 is 0 Å². The minimum absolute atomic E-state index is 0.117. The fourth-order valence-corrected chi connectivity index (χ4v) is 2.77. The Kier molecular flexibility index (Phi) is 3.48. The first-order valence-electron chi connectivity index (χ1n) is 7.44. The van der Waals surface area contributed by atoms with Crippen LogP contribution in [0.3, 0.4) is 0 Å². The third kappa shape index (κ3) is 2.66. The second-order valence-electron chi connectivity index (χ2n) is 5.31. The van der Waals surface area contributed by atoms with Gasteiger partial charge in [-0.1, -0.05) is 30.3 Å². The molecular formula is C17H16N6. The molecular weight excluding hydrogens is 288 g/mol. The average molecular weight is 304 g/mol. The molecule has 0 spiro atoms. The highest BCUT2D eigenvalue weighted by Crippen LogP contribution is 2.26. The van der Waals surface area contributed by atoms with Crippen molar-refractivity contribution < 1.29 is 0 Å². The predicted octanol–water partition coefficient (Wildman–Crippen LogP) is 2.76. The van der Waals surface area contributed by atoms with Gasteiger partial charge in [0.1, 0.15) is 5.69 Å². The van der Waals surface area contributed by atoms with Gasteiger partial charge in [0.15, 0.2) is 5.82 Å². The Morgan fingerprint density at radius 2 is 1.96 bits per heavy atom. The van der Waals surface area contributed by atoms with Gasteiger partial charge in [-0.2, -0.15) is 0 Å². The van der Waals surface area contributed by atoms with Gasteiger partial charge < -0.3 is 14.1 Å². The number of imidazole rings is 3.